The average Bonchev–Trinajstić information content (AvgIpc) is 1.84. The van der Waals surface area contributed by atoms with Crippen molar-refractivity contribution in [3.63, 3.8) is 0 Å². The van der Waals surface area contributed by atoms with Crippen molar-refractivity contribution in [1.29, 1.82) is 0 Å². The van der Waals surface area contributed by atoms with E-state index in [1.54, 1.807) is 11.9 Å². The van der Waals surface area contributed by atoms with Crippen LogP contribution in [-0.4, -0.2) is 35.6 Å². The summed E-state index contributed by atoms with van der Waals surface area (Å²) >= 11 is 0. The third kappa shape index (κ3) is 3.98. The normalized spacial score (nSPS) is 13.3. The van der Waals surface area contributed by atoms with Gasteiger partial charge in [-0.05, 0) is 12.8 Å². The highest BCUT2D eigenvalue weighted by atomic mass is 16.3. The summed E-state index contributed by atoms with van der Waals surface area (Å²) < 4.78 is 0. The molecule has 1 amide bonds. The Balaban J connectivity index is 3.83. The molecule has 0 heterocycles. The van der Waals surface area contributed by atoms with Crippen LogP contribution in [0, 0.1) is 5.92 Å². The van der Waals surface area contributed by atoms with Gasteiger partial charge >= 0.3 is 0 Å². The number of amides is 1. The van der Waals surface area contributed by atoms with Gasteiger partial charge in [0.15, 0.2) is 0 Å². The lowest BCUT2D eigenvalue weighted by molar-refractivity contribution is -0.138. The van der Waals surface area contributed by atoms with Crippen molar-refractivity contribution in [2.75, 3.05) is 13.6 Å². The van der Waals surface area contributed by atoms with Gasteiger partial charge in [-0.1, -0.05) is 13.8 Å². The van der Waals surface area contributed by atoms with Crippen molar-refractivity contribution in [2.45, 2.75) is 26.9 Å². The van der Waals surface area contributed by atoms with Gasteiger partial charge in [0, 0.05) is 13.6 Å². The van der Waals surface area contributed by atoms with E-state index in [2.05, 4.69) is 0 Å². The smallest absolute Gasteiger partial charge is 0.250 e. The fourth-order valence-electron chi connectivity index (χ4n) is 0.957. The molecule has 0 aliphatic carbocycles. The zero-order valence-electron chi connectivity index (χ0n) is 7.66. The first-order chi connectivity index (χ1) is 4.95. The molecule has 0 fully saturated rings. The van der Waals surface area contributed by atoms with Crippen LogP contribution in [0.4, 0.5) is 0 Å². The van der Waals surface area contributed by atoms with Gasteiger partial charge in [0.1, 0.15) is 6.10 Å². The highest BCUT2D eigenvalue weighted by Gasteiger charge is 2.14. The van der Waals surface area contributed by atoms with Crippen molar-refractivity contribution in [1.82, 2.24) is 4.90 Å². The Morgan fingerprint density at radius 1 is 1.45 bits per heavy atom. The van der Waals surface area contributed by atoms with Crippen LogP contribution in [0.5, 0.6) is 0 Å². The maximum Gasteiger partial charge on any atom is 0.250 e. The molecule has 0 aromatic heterocycles. The molecule has 0 aliphatic rings. The van der Waals surface area contributed by atoms with Gasteiger partial charge in [0.05, 0.1) is 0 Å². The molecular weight excluding hydrogens is 142 g/mol. The van der Waals surface area contributed by atoms with Crippen molar-refractivity contribution in [3.8, 4) is 0 Å². The summed E-state index contributed by atoms with van der Waals surface area (Å²) in [5.41, 5.74) is 0. The number of carbonyl (C=O) groups excluding carboxylic acids is 1. The first-order valence-electron chi connectivity index (χ1n) is 3.88. The summed E-state index contributed by atoms with van der Waals surface area (Å²) in [6, 6.07) is 0. The second-order valence-electron chi connectivity index (χ2n) is 3.29. The Kier molecular flexibility index (Phi) is 4.11. The minimum Gasteiger partial charge on any atom is -0.384 e. The maximum atomic E-state index is 11.1. The van der Waals surface area contributed by atoms with Crippen LogP contribution in [0.15, 0.2) is 0 Å². The molecule has 0 bridgehead atoms. The molecule has 0 saturated heterocycles. The van der Waals surface area contributed by atoms with Crippen LogP contribution in [0.25, 0.3) is 0 Å². The van der Waals surface area contributed by atoms with Crippen LogP contribution >= 0.6 is 0 Å². The summed E-state index contributed by atoms with van der Waals surface area (Å²) in [5, 5.41) is 8.91. The molecular formula is C8H17NO2. The molecule has 0 saturated carbocycles. The van der Waals surface area contributed by atoms with Gasteiger partial charge in [-0.2, -0.15) is 0 Å². The third-order valence-electron chi connectivity index (χ3n) is 1.37. The molecule has 1 atom stereocenters. The Hall–Kier alpha value is -0.570. The number of likely N-dealkylation sites (N-methyl/N-ethyl adjacent to an activating group) is 1. The second-order valence-corrected chi connectivity index (χ2v) is 3.29. The molecule has 66 valence electrons. The van der Waals surface area contributed by atoms with E-state index in [1.807, 2.05) is 13.8 Å². The summed E-state index contributed by atoms with van der Waals surface area (Å²) in [6.45, 7) is 6.25. The van der Waals surface area contributed by atoms with Crippen LogP contribution < -0.4 is 0 Å². The molecule has 3 heteroatoms. The van der Waals surface area contributed by atoms with Crippen molar-refractivity contribution >= 4 is 5.91 Å². The molecule has 1 N–H and O–H groups in total. The number of hydrogen-bond acceptors (Lipinski definition) is 2. The number of aliphatic hydroxyl groups is 1. The fourth-order valence-corrected chi connectivity index (χ4v) is 0.957. The molecule has 0 aliphatic heterocycles. The third-order valence-corrected chi connectivity index (χ3v) is 1.37. The fraction of sp³-hybridized carbons (Fsp3) is 0.875. The lowest BCUT2D eigenvalue weighted by atomic mass is 10.2. The minimum atomic E-state index is -0.876. The lowest BCUT2D eigenvalue weighted by Gasteiger charge is -2.20. The summed E-state index contributed by atoms with van der Waals surface area (Å²) in [7, 11) is 1.70. The van der Waals surface area contributed by atoms with Gasteiger partial charge in [0.2, 0.25) is 0 Å². The summed E-state index contributed by atoms with van der Waals surface area (Å²) in [5.74, 6) is 0.237. The zero-order chi connectivity index (χ0) is 9.02. The summed E-state index contributed by atoms with van der Waals surface area (Å²) in [6.07, 6.45) is -0.876. The Morgan fingerprint density at radius 2 is 1.91 bits per heavy atom. The van der Waals surface area contributed by atoms with E-state index in [0.29, 0.717) is 12.5 Å². The molecule has 3 nitrogen and oxygen atoms in total. The predicted octanol–water partition coefficient (Wildman–Crippen LogP) is 0.482. The Labute approximate surface area is 68.0 Å². The first kappa shape index (κ1) is 10.4. The average molecular weight is 159 g/mol. The van der Waals surface area contributed by atoms with E-state index in [1.165, 1.54) is 6.92 Å². The topological polar surface area (TPSA) is 40.5 Å². The van der Waals surface area contributed by atoms with Gasteiger partial charge in [0.25, 0.3) is 5.91 Å². The largest absolute Gasteiger partial charge is 0.384 e. The second kappa shape index (κ2) is 4.34. The van der Waals surface area contributed by atoms with Crippen LogP contribution in [0.2, 0.25) is 0 Å². The van der Waals surface area contributed by atoms with Gasteiger partial charge in [-0.15, -0.1) is 0 Å². The molecule has 0 spiro atoms. The quantitative estimate of drug-likeness (QED) is 0.650. The van der Waals surface area contributed by atoms with Gasteiger partial charge in [-0.3, -0.25) is 4.79 Å². The number of carbonyl (C=O) groups is 1. The van der Waals surface area contributed by atoms with Crippen molar-refractivity contribution < 1.29 is 9.90 Å². The van der Waals surface area contributed by atoms with Crippen molar-refractivity contribution in [3.05, 3.63) is 0 Å². The van der Waals surface area contributed by atoms with E-state index in [0.717, 1.165) is 0 Å². The minimum absolute atomic E-state index is 0.210. The van der Waals surface area contributed by atoms with E-state index < -0.39 is 6.10 Å². The number of aliphatic hydroxyl groups excluding tert-OH is 1. The SMILES string of the molecule is CC(C)CN(C)C(=O)[C@@H](C)O. The zero-order valence-corrected chi connectivity index (χ0v) is 7.66. The predicted molar refractivity (Wildman–Crippen MR) is 44.2 cm³/mol. The van der Waals surface area contributed by atoms with E-state index in [-0.39, 0.29) is 5.91 Å². The Bertz CT molecular complexity index is 132. The molecule has 11 heavy (non-hydrogen) atoms. The van der Waals surface area contributed by atoms with E-state index in [4.69, 9.17) is 5.11 Å². The number of hydrogen-bond donors (Lipinski definition) is 1. The van der Waals surface area contributed by atoms with E-state index >= 15 is 0 Å². The first-order valence-corrected chi connectivity index (χ1v) is 3.88. The highest BCUT2D eigenvalue weighted by molar-refractivity contribution is 5.79. The van der Waals surface area contributed by atoms with E-state index in [9.17, 15) is 4.79 Å². The van der Waals surface area contributed by atoms with Gasteiger partial charge < -0.3 is 10.0 Å². The molecule has 0 aromatic rings. The maximum absolute atomic E-state index is 11.1. The summed E-state index contributed by atoms with van der Waals surface area (Å²) in [4.78, 5) is 12.6. The molecule has 0 radical (unpaired) electrons. The molecule has 0 rings (SSSR count). The van der Waals surface area contributed by atoms with Crippen LogP contribution in [0.3, 0.4) is 0 Å². The Morgan fingerprint density at radius 3 is 2.18 bits per heavy atom. The van der Waals surface area contributed by atoms with Crippen molar-refractivity contribution in [2.24, 2.45) is 5.92 Å². The monoisotopic (exact) mass is 159 g/mol. The van der Waals surface area contributed by atoms with Crippen LogP contribution in [-0.2, 0) is 4.79 Å². The lowest BCUT2D eigenvalue weighted by Crippen LogP contribution is -2.36. The molecule has 0 unspecified atom stereocenters. The number of nitrogens with zero attached hydrogens (tertiary/aromatic N) is 1. The molecule has 0 aromatic carbocycles. The van der Waals surface area contributed by atoms with Gasteiger partial charge in [-0.25, -0.2) is 0 Å². The standard InChI is InChI=1S/C8H17NO2/c1-6(2)5-9(4)8(11)7(3)10/h6-7,10H,5H2,1-4H3/t7-/m1/s1. The van der Waals surface area contributed by atoms with Crippen LogP contribution in [0.1, 0.15) is 20.8 Å². The highest BCUT2D eigenvalue weighted by Crippen LogP contribution is 1.98. The number of rotatable bonds is 3.